The molecule has 1 saturated heterocycles. The van der Waals surface area contributed by atoms with Gasteiger partial charge in [0.2, 0.25) is 0 Å². The van der Waals surface area contributed by atoms with E-state index in [4.69, 9.17) is 4.98 Å². The molecule has 0 spiro atoms. The van der Waals surface area contributed by atoms with Crippen molar-refractivity contribution in [1.29, 1.82) is 0 Å². The van der Waals surface area contributed by atoms with Crippen LogP contribution in [0.4, 0.5) is 11.6 Å². The Morgan fingerprint density at radius 1 is 1.24 bits per heavy atom. The fourth-order valence-corrected chi connectivity index (χ4v) is 3.77. The Hall–Kier alpha value is -1.36. The molecule has 2 aliphatic rings. The van der Waals surface area contributed by atoms with Gasteiger partial charge in [0.1, 0.15) is 17.5 Å². The molecule has 0 aromatic carbocycles. The molecule has 0 amide bonds. The van der Waals surface area contributed by atoms with Gasteiger partial charge in [0.15, 0.2) is 0 Å². The summed E-state index contributed by atoms with van der Waals surface area (Å²) < 4.78 is 0. The van der Waals surface area contributed by atoms with Gasteiger partial charge in [-0.05, 0) is 32.6 Å². The molecule has 2 N–H and O–H groups in total. The van der Waals surface area contributed by atoms with Gasteiger partial charge in [0.25, 0.3) is 0 Å². The number of aromatic nitrogens is 2. The van der Waals surface area contributed by atoms with Crippen molar-refractivity contribution >= 4 is 11.6 Å². The lowest BCUT2D eigenvalue weighted by Crippen LogP contribution is -2.26. The minimum absolute atomic E-state index is 0.124. The van der Waals surface area contributed by atoms with Crippen LogP contribution in [-0.4, -0.2) is 40.8 Å². The van der Waals surface area contributed by atoms with Gasteiger partial charge in [-0.15, -0.1) is 0 Å². The third kappa shape index (κ3) is 2.59. The van der Waals surface area contributed by atoms with Crippen LogP contribution in [-0.2, 0) is 6.42 Å². The number of fused-ring (bicyclic) bond motifs is 1. The standard InChI is InChI=1S/C16H26N4O/c1-4-14-18-15(17-5-2)10(3)16(19-14)20-8-11-6-7-13(21)12(11)9-20/h11-13,21H,4-9H2,1-3H3,(H,17,18,19). The zero-order chi connectivity index (χ0) is 15.0. The van der Waals surface area contributed by atoms with Crippen LogP contribution in [0.1, 0.15) is 38.1 Å². The molecule has 0 bridgehead atoms. The van der Waals surface area contributed by atoms with E-state index in [1.165, 1.54) is 0 Å². The molecule has 2 fully saturated rings. The number of hydrogen-bond donors (Lipinski definition) is 2. The van der Waals surface area contributed by atoms with E-state index >= 15 is 0 Å². The minimum Gasteiger partial charge on any atom is -0.393 e. The first-order valence-corrected chi connectivity index (χ1v) is 8.18. The van der Waals surface area contributed by atoms with Gasteiger partial charge in [-0.1, -0.05) is 6.92 Å². The van der Waals surface area contributed by atoms with Gasteiger partial charge >= 0.3 is 0 Å². The van der Waals surface area contributed by atoms with Gasteiger partial charge in [-0.3, -0.25) is 0 Å². The Bertz CT molecular complexity index is 519. The lowest BCUT2D eigenvalue weighted by molar-refractivity contribution is 0.133. The summed E-state index contributed by atoms with van der Waals surface area (Å²) in [5.41, 5.74) is 1.13. The maximum Gasteiger partial charge on any atom is 0.137 e. The number of nitrogens with zero attached hydrogens (tertiary/aromatic N) is 3. The van der Waals surface area contributed by atoms with Crippen LogP contribution in [0.3, 0.4) is 0 Å². The maximum absolute atomic E-state index is 10.1. The summed E-state index contributed by atoms with van der Waals surface area (Å²) in [6, 6.07) is 0. The molecule has 1 aliphatic heterocycles. The number of nitrogens with one attached hydrogen (secondary N) is 1. The summed E-state index contributed by atoms with van der Waals surface area (Å²) in [5, 5.41) is 13.4. The van der Waals surface area contributed by atoms with Crippen molar-refractivity contribution in [2.45, 2.75) is 46.1 Å². The van der Waals surface area contributed by atoms with E-state index in [1.54, 1.807) is 0 Å². The maximum atomic E-state index is 10.1. The van der Waals surface area contributed by atoms with Gasteiger partial charge in [-0.2, -0.15) is 0 Å². The van der Waals surface area contributed by atoms with E-state index in [0.29, 0.717) is 11.8 Å². The average Bonchev–Trinajstić information content (AvgIpc) is 3.04. The van der Waals surface area contributed by atoms with Crippen LogP contribution in [0.25, 0.3) is 0 Å². The molecule has 1 aromatic rings. The van der Waals surface area contributed by atoms with Crippen LogP contribution in [0.15, 0.2) is 0 Å². The second kappa shape index (κ2) is 5.79. The molecule has 2 heterocycles. The van der Waals surface area contributed by atoms with Gasteiger partial charge in [0.05, 0.1) is 6.10 Å². The predicted molar refractivity (Wildman–Crippen MR) is 84.7 cm³/mol. The summed E-state index contributed by atoms with van der Waals surface area (Å²) >= 11 is 0. The Labute approximate surface area is 126 Å². The summed E-state index contributed by atoms with van der Waals surface area (Å²) in [4.78, 5) is 11.7. The van der Waals surface area contributed by atoms with Crippen molar-refractivity contribution in [3.63, 3.8) is 0 Å². The molecular weight excluding hydrogens is 264 g/mol. The average molecular weight is 290 g/mol. The third-order valence-electron chi connectivity index (χ3n) is 4.95. The largest absolute Gasteiger partial charge is 0.393 e. The minimum atomic E-state index is -0.124. The van der Waals surface area contributed by atoms with E-state index in [9.17, 15) is 5.11 Å². The monoisotopic (exact) mass is 290 g/mol. The summed E-state index contributed by atoms with van der Waals surface area (Å²) in [6.45, 7) is 9.09. The molecule has 3 rings (SSSR count). The molecule has 1 saturated carbocycles. The highest BCUT2D eigenvalue weighted by molar-refractivity contribution is 5.59. The Kier molecular flexibility index (Phi) is 4.02. The van der Waals surface area contributed by atoms with Crippen molar-refractivity contribution in [1.82, 2.24) is 9.97 Å². The normalized spacial score (nSPS) is 28.0. The third-order valence-corrected chi connectivity index (χ3v) is 4.95. The quantitative estimate of drug-likeness (QED) is 0.888. The van der Waals surface area contributed by atoms with Crippen LogP contribution >= 0.6 is 0 Å². The summed E-state index contributed by atoms with van der Waals surface area (Å²) in [7, 11) is 0. The van der Waals surface area contributed by atoms with Crippen LogP contribution in [0.5, 0.6) is 0 Å². The van der Waals surface area contributed by atoms with Gasteiger partial charge < -0.3 is 15.3 Å². The van der Waals surface area contributed by atoms with Crippen LogP contribution < -0.4 is 10.2 Å². The van der Waals surface area contributed by atoms with E-state index in [1.807, 2.05) is 0 Å². The number of aliphatic hydroxyl groups is 1. The van der Waals surface area contributed by atoms with Crippen molar-refractivity contribution in [3.05, 3.63) is 11.4 Å². The second-order valence-corrected chi connectivity index (χ2v) is 6.29. The lowest BCUT2D eigenvalue weighted by atomic mass is 10.00. The highest BCUT2D eigenvalue weighted by Crippen LogP contribution is 2.40. The Morgan fingerprint density at radius 3 is 2.71 bits per heavy atom. The second-order valence-electron chi connectivity index (χ2n) is 6.29. The molecule has 5 heteroatoms. The number of aliphatic hydroxyl groups excluding tert-OH is 1. The van der Waals surface area contributed by atoms with E-state index in [2.05, 4.69) is 36.0 Å². The highest BCUT2D eigenvalue weighted by atomic mass is 16.3. The van der Waals surface area contributed by atoms with Crippen LogP contribution in [0.2, 0.25) is 0 Å². The van der Waals surface area contributed by atoms with E-state index < -0.39 is 0 Å². The first-order valence-electron chi connectivity index (χ1n) is 8.18. The van der Waals surface area contributed by atoms with E-state index in [0.717, 1.165) is 61.9 Å². The smallest absolute Gasteiger partial charge is 0.137 e. The van der Waals surface area contributed by atoms with E-state index in [-0.39, 0.29) is 6.10 Å². The van der Waals surface area contributed by atoms with Gasteiger partial charge in [0, 0.05) is 37.5 Å². The van der Waals surface area contributed by atoms with Gasteiger partial charge in [-0.25, -0.2) is 9.97 Å². The molecule has 0 radical (unpaired) electrons. The Morgan fingerprint density at radius 2 is 2.05 bits per heavy atom. The fraction of sp³-hybridized carbons (Fsp3) is 0.750. The lowest BCUT2D eigenvalue weighted by Gasteiger charge is -2.23. The van der Waals surface area contributed by atoms with Crippen LogP contribution in [0, 0.1) is 18.8 Å². The molecule has 1 aliphatic carbocycles. The highest BCUT2D eigenvalue weighted by Gasteiger charge is 2.42. The molecular formula is C16H26N4O. The topological polar surface area (TPSA) is 61.3 Å². The SMILES string of the molecule is CCNc1nc(CC)nc(N2CC3CCC(O)C3C2)c1C. The number of rotatable bonds is 4. The molecule has 116 valence electrons. The summed E-state index contributed by atoms with van der Waals surface area (Å²) in [5.74, 6) is 3.95. The first-order chi connectivity index (χ1) is 10.1. The Balaban J connectivity index is 1.89. The molecule has 1 aromatic heterocycles. The zero-order valence-electron chi connectivity index (χ0n) is 13.3. The fourth-order valence-electron chi connectivity index (χ4n) is 3.77. The number of anilines is 2. The molecule has 3 atom stereocenters. The molecule has 3 unspecified atom stereocenters. The van der Waals surface area contributed by atoms with Crippen molar-refractivity contribution in [2.24, 2.45) is 11.8 Å². The molecule has 21 heavy (non-hydrogen) atoms. The van der Waals surface area contributed by atoms with Crippen molar-refractivity contribution < 1.29 is 5.11 Å². The van der Waals surface area contributed by atoms with Crippen molar-refractivity contribution in [2.75, 3.05) is 29.9 Å². The predicted octanol–water partition coefficient (Wildman–Crippen LogP) is 1.99. The summed E-state index contributed by atoms with van der Waals surface area (Å²) in [6.07, 6.45) is 2.83. The number of hydrogen-bond acceptors (Lipinski definition) is 5. The van der Waals surface area contributed by atoms with Crippen molar-refractivity contribution in [3.8, 4) is 0 Å². The zero-order valence-corrected chi connectivity index (χ0v) is 13.3. The molecule has 5 nitrogen and oxygen atoms in total. The first kappa shape index (κ1) is 14.6. The number of aryl methyl sites for hydroxylation is 1.